The van der Waals surface area contributed by atoms with E-state index in [4.69, 9.17) is 11.3 Å². The van der Waals surface area contributed by atoms with Crippen LogP contribution in [0.1, 0.15) is 34.5 Å². The van der Waals surface area contributed by atoms with Gasteiger partial charge in [0.2, 0.25) is 0 Å². The number of hydrogen-bond donors (Lipinski definition) is 1. The average molecular weight is 474 g/mol. The van der Waals surface area contributed by atoms with Crippen molar-refractivity contribution in [2.45, 2.75) is 32.4 Å². The molecule has 1 aromatic carbocycles. The fourth-order valence-corrected chi connectivity index (χ4v) is 4.90. The SMILES string of the molecule is [C-]#[N+]c1ccc(-n2c(C)c(C(=O)CN3CCC(O)CC3)c3ncc(CN4CCOC4=O)cc32)cc1. The van der Waals surface area contributed by atoms with Gasteiger partial charge in [-0.05, 0) is 43.5 Å². The van der Waals surface area contributed by atoms with Gasteiger partial charge in [0.25, 0.3) is 0 Å². The lowest BCUT2D eigenvalue weighted by molar-refractivity contribution is 0.0711. The Hall–Kier alpha value is -3.74. The molecule has 0 saturated carbocycles. The van der Waals surface area contributed by atoms with E-state index in [0.29, 0.717) is 62.4 Å². The quantitative estimate of drug-likeness (QED) is 0.435. The summed E-state index contributed by atoms with van der Waals surface area (Å²) in [5, 5.41) is 9.80. The van der Waals surface area contributed by atoms with Crippen LogP contribution in [-0.2, 0) is 11.3 Å². The number of aliphatic hydroxyl groups excluding tert-OH is 1. The Balaban J connectivity index is 1.55. The number of carbonyl (C=O) groups is 2. The highest BCUT2D eigenvalue weighted by Gasteiger charge is 2.27. The minimum atomic E-state index is -0.339. The van der Waals surface area contributed by atoms with Crippen LogP contribution in [0.4, 0.5) is 10.5 Å². The summed E-state index contributed by atoms with van der Waals surface area (Å²) < 4.78 is 7.04. The average Bonchev–Trinajstić information content (AvgIpc) is 3.39. The summed E-state index contributed by atoms with van der Waals surface area (Å²) >= 11 is 0. The van der Waals surface area contributed by atoms with Gasteiger partial charge >= 0.3 is 6.09 Å². The molecule has 180 valence electrons. The minimum absolute atomic E-state index is 0.0104. The van der Waals surface area contributed by atoms with Gasteiger partial charge in [0.1, 0.15) is 6.61 Å². The Labute approximate surface area is 203 Å². The number of ether oxygens (including phenoxy) is 1. The molecule has 5 rings (SSSR count). The van der Waals surface area contributed by atoms with Gasteiger partial charge < -0.3 is 19.3 Å². The number of benzene rings is 1. The molecule has 9 heteroatoms. The predicted octanol–water partition coefficient (Wildman–Crippen LogP) is 3.48. The molecule has 9 nitrogen and oxygen atoms in total. The van der Waals surface area contributed by atoms with E-state index >= 15 is 0 Å². The summed E-state index contributed by atoms with van der Waals surface area (Å²) in [5.41, 5.74) is 4.97. The molecule has 4 heterocycles. The zero-order chi connectivity index (χ0) is 24.5. The van der Waals surface area contributed by atoms with Gasteiger partial charge in [-0.15, -0.1) is 0 Å². The van der Waals surface area contributed by atoms with Crippen molar-refractivity contribution in [3.8, 4) is 5.69 Å². The largest absolute Gasteiger partial charge is 0.448 e. The van der Waals surface area contributed by atoms with E-state index in [1.807, 2.05) is 29.7 Å². The number of aliphatic hydroxyl groups is 1. The first-order chi connectivity index (χ1) is 16.9. The van der Waals surface area contributed by atoms with E-state index in [1.54, 1.807) is 23.2 Å². The molecule has 2 aromatic heterocycles. The van der Waals surface area contributed by atoms with E-state index in [9.17, 15) is 14.7 Å². The van der Waals surface area contributed by atoms with Crippen molar-refractivity contribution in [3.05, 3.63) is 64.8 Å². The number of hydrogen-bond acceptors (Lipinski definition) is 6. The molecule has 2 aliphatic rings. The second-order valence-electron chi connectivity index (χ2n) is 9.10. The fourth-order valence-electron chi connectivity index (χ4n) is 4.90. The summed E-state index contributed by atoms with van der Waals surface area (Å²) in [5.74, 6) is -0.0104. The molecule has 0 spiro atoms. The van der Waals surface area contributed by atoms with E-state index in [-0.39, 0.29) is 24.5 Å². The second kappa shape index (κ2) is 9.49. The first kappa shape index (κ1) is 23.0. The van der Waals surface area contributed by atoms with E-state index in [0.717, 1.165) is 22.5 Å². The normalized spacial score (nSPS) is 17.1. The lowest BCUT2D eigenvalue weighted by atomic mass is 10.1. The first-order valence-corrected chi connectivity index (χ1v) is 11.8. The lowest BCUT2D eigenvalue weighted by Gasteiger charge is -2.28. The number of nitrogens with zero attached hydrogens (tertiary/aromatic N) is 5. The standard InChI is InChI=1S/C26H27N5O4/c1-17-24(23(33)16-29-9-7-21(32)8-10-29)25-22(31(17)20-5-3-19(27-2)4-6-20)13-18(14-28-25)15-30-11-12-35-26(30)34/h3-6,13-14,21,32H,7-12,15-16H2,1H3. The highest BCUT2D eigenvalue weighted by atomic mass is 16.6. The van der Waals surface area contributed by atoms with E-state index in [1.165, 1.54) is 0 Å². The summed E-state index contributed by atoms with van der Waals surface area (Å²) in [6.45, 7) is 12.1. The number of ketones is 1. The number of carbonyl (C=O) groups excluding carboxylic acids is 2. The fraction of sp³-hybridized carbons (Fsp3) is 0.385. The molecule has 0 bridgehead atoms. The minimum Gasteiger partial charge on any atom is -0.448 e. The van der Waals surface area contributed by atoms with Crippen LogP contribution in [-0.4, -0.2) is 75.2 Å². The predicted molar refractivity (Wildman–Crippen MR) is 130 cm³/mol. The molecule has 0 radical (unpaired) electrons. The molecule has 1 N–H and O–H groups in total. The molecule has 0 atom stereocenters. The Kier molecular flexibility index (Phi) is 6.24. The van der Waals surface area contributed by atoms with Crippen LogP contribution in [0.15, 0.2) is 36.5 Å². The second-order valence-corrected chi connectivity index (χ2v) is 9.10. The Bertz CT molecular complexity index is 1320. The summed E-state index contributed by atoms with van der Waals surface area (Å²) in [6.07, 6.45) is 2.42. The number of piperidine rings is 1. The number of rotatable bonds is 6. The van der Waals surface area contributed by atoms with Crippen molar-refractivity contribution < 1.29 is 19.4 Å². The van der Waals surface area contributed by atoms with Crippen molar-refractivity contribution in [2.24, 2.45) is 0 Å². The first-order valence-electron chi connectivity index (χ1n) is 11.8. The van der Waals surface area contributed by atoms with Crippen LogP contribution in [0.5, 0.6) is 0 Å². The summed E-state index contributed by atoms with van der Waals surface area (Å²) in [6, 6.07) is 9.21. The molecule has 2 aliphatic heterocycles. The van der Waals surface area contributed by atoms with Crippen LogP contribution >= 0.6 is 0 Å². The third kappa shape index (κ3) is 4.50. The number of Topliss-reactive ketones (excluding diaryl/α,β-unsaturated/α-hetero) is 1. The zero-order valence-corrected chi connectivity index (χ0v) is 19.6. The van der Waals surface area contributed by atoms with Crippen molar-refractivity contribution >= 4 is 28.6 Å². The van der Waals surface area contributed by atoms with Crippen LogP contribution in [0.3, 0.4) is 0 Å². The highest BCUT2D eigenvalue weighted by molar-refractivity contribution is 6.09. The monoisotopic (exact) mass is 473 g/mol. The Morgan fingerprint density at radius 3 is 2.63 bits per heavy atom. The number of likely N-dealkylation sites (tertiary alicyclic amines) is 1. The Morgan fingerprint density at radius 2 is 1.97 bits per heavy atom. The third-order valence-corrected chi connectivity index (χ3v) is 6.76. The van der Waals surface area contributed by atoms with Crippen LogP contribution in [0, 0.1) is 13.5 Å². The smallest absolute Gasteiger partial charge is 0.410 e. The van der Waals surface area contributed by atoms with Gasteiger partial charge in [-0.1, -0.05) is 12.1 Å². The number of cyclic esters (lactones) is 1. The van der Waals surface area contributed by atoms with Crippen LogP contribution in [0.2, 0.25) is 0 Å². The van der Waals surface area contributed by atoms with E-state index < -0.39 is 0 Å². The van der Waals surface area contributed by atoms with Crippen molar-refractivity contribution in [2.75, 3.05) is 32.8 Å². The molecule has 1 amide bonds. The number of pyridine rings is 1. The maximum absolute atomic E-state index is 13.5. The van der Waals surface area contributed by atoms with Gasteiger partial charge in [-0.3, -0.25) is 14.7 Å². The van der Waals surface area contributed by atoms with Gasteiger partial charge in [-0.25, -0.2) is 9.64 Å². The maximum Gasteiger partial charge on any atom is 0.410 e. The Morgan fingerprint density at radius 1 is 1.23 bits per heavy atom. The molecule has 3 aromatic rings. The van der Waals surface area contributed by atoms with Gasteiger partial charge in [0, 0.05) is 30.7 Å². The van der Waals surface area contributed by atoms with E-state index in [2.05, 4.69) is 14.7 Å². The van der Waals surface area contributed by atoms with Crippen molar-refractivity contribution in [1.82, 2.24) is 19.4 Å². The zero-order valence-electron chi connectivity index (χ0n) is 19.6. The number of aromatic nitrogens is 2. The number of fused-ring (bicyclic) bond motifs is 1. The highest BCUT2D eigenvalue weighted by Crippen LogP contribution is 2.30. The summed E-state index contributed by atoms with van der Waals surface area (Å²) in [7, 11) is 0. The molecule has 2 fully saturated rings. The molecular formula is C26H27N5O4. The van der Waals surface area contributed by atoms with Gasteiger partial charge in [0.05, 0.1) is 48.9 Å². The summed E-state index contributed by atoms with van der Waals surface area (Å²) in [4.78, 5) is 37.3. The van der Waals surface area contributed by atoms with Crippen molar-refractivity contribution in [3.63, 3.8) is 0 Å². The van der Waals surface area contributed by atoms with Gasteiger partial charge in [0.15, 0.2) is 11.5 Å². The molecular weight excluding hydrogens is 446 g/mol. The van der Waals surface area contributed by atoms with Crippen molar-refractivity contribution in [1.29, 1.82) is 0 Å². The molecule has 0 unspecified atom stereocenters. The third-order valence-electron chi connectivity index (χ3n) is 6.76. The maximum atomic E-state index is 13.5. The topological polar surface area (TPSA) is 92.3 Å². The van der Waals surface area contributed by atoms with Crippen LogP contribution < -0.4 is 0 Å². The molecule has 35 heavy (non-hydrogen) atoms. The van der Waals surface area contributed by atoms with Gasteiger partial charge in [-0.2, -0.15) is 0 Å². The number of amides is 1. The lowest BCUT2D eigenvalue weighted by Crippen LogP contribution is -2.39. The molecule has 0 aliphatic carbocycles. The van der Waals surface area contributed by atoms with Crippen LogP contribution in [0.25, 0.3) is 21.6 Å². The molecule has 2 saturated heterocycles.